The first-order chi connectivity index (χ1) is 3.73. The molecule has 60 valence electrons. The Morgan fingerprint density at radius 1 is 1.10 bits per heavy atom. The molecule has 0 saturated carbocycles. The first kappa shape index (κ1) is 17.2. The molecule has 7 nitrogen and oxygen atoms in total. The smallest absolute Gasteiger partial charge is 1.00 e. The van der Waals surface area contributed by atoms with Crippen molar-refractivity contribution < 1.29 is 54.2 Å². The predicted molar refractivity (Wildman–Crippen MR) is 29.0 cm³/mol. The zero-order chi connectivity index (χ0) is 8.08. The molecule has 0 saturated heterocycles. The van der Waals surface area contributed by atoms with Gasteiger partial charge in [0.2, 0.25) is 0 Å². The van der Waals surface area contributed by atoms with Gasteiger partial charge in [-0.2, -0.15) is 0 Å². The summed E-state index contributed by atoms with van der Waals surface area (Å²) in [6.45, 7) is 0. The van der Waals surface area contributed by atoms with E-state index in [9.17, 15) is 0 Å². The maximum atomic E-state index is 8.88. The van der Waals surface area contributed by atoms with Crippen molar-refractivity contribution in [3.8, 4) is 0 Å². The van der Waals surface area contributed by atoms with Crippen molar-refractivity contribution in [1.82, 2.24) is 0 Å². The van der Waals surface area contributed by atoms with Crippen LogP contribution in [0, 0.1) is 0 Å². The Balaban J connectivity index is -0.0000000383. The van der Waals surface area contributed by atoms with E-state index in [0.717, 1.165) is 0 Å². The van der Waals surface area contributed by atoms with Crippen molar-refractivity contribution in [2.45, 2.75) is 0 Å². The number of phosphoric acid groups is 1. The number of rotatable bonds is 0. The van der Waals surface area contributed by atoms with Crippen LogP contribution in [0.3, 0.4) is 0 Å². The first-order valence-electron chi connectivity index (χ1n) is 1.38. The van der Waals surface area contributed by atoms with Gasteiger partial charge in [-0.1, -0.05) is 0 Å². The van der Waals surface area contributed by atoms with Crippen LogP contribution in [0.4, 0.5) is 0 Å². The third-order valence-electron chi connectivity index (χ3n) is 0. The number of hydrogen-bond donors (Lipinski definition) is 6. The molecule has 0 spiro atoms. The average Bonchev–Trinajstić information content (AvgIpc) is 1.19. The first-order valence-corrected chi connectivity index (χ1v) is 4.15. The van der Waals surface area contributed by atoms with Crippen LogP contribution in [-0.2, 0) is 4.57 Å². The van der Waals surface area contributed by atoms with Crippen LogP contribution in [-0.4, -0.2) is 29.4 Å². The van der Waals surface area contributed by atoms with E-state index in [4.69, 9.17) is 33.9 Å². The Kier molecular flexibility index (Phi) is 14.0. The van der Waals surface area contributed by atoms with Crippen LogP contribution in [0.1, 0.15) is 1.43 Å². The number of hydrogen-bond acceptors (Lipinski definition) is 4. The van der Waals surface area contributed by atoms with Gasteiger partial charge in [-0.05, 0) is 0 Å². The van der Waals surface area contributed by atoms with Gasteiger partial charge in [0.1, 0.15) is 0 Å². The largest absolute Gasteiger partial charge is 1.00 e. The molecule has 0 fully saturated rings. The summed E-state index contributed by atoms with van der Waals surface area (Å²) >= 11 is 0. The maximum Gasteiger partial charge on any atom is 1.00 e. The van der Waals surface area contributed by atoms with E-state index >= 15 is 0 Å². The quantitative estimate of drug-likeness (QED) is 0.166. The van der Waals surface area contributed by atoms with E-state index in [1.165, 1.54) is 0 Å². The molecule has 10 heavy (non-hydrogen) atoms. The average molecular weight is 188 g/mol. The molecule has 0 unspecified atom stereocenters. The van der Waals surface area contributed by atoms with Crippen LogP contribution in [0.2, 0.25) is 0 Å². The Labute approximate surface area is 71.2 Å². The fraction of sp³-hybridized carbons (Fsp3) is 0. The zero-order valence-electron chi connectivity index (χ0n) is 5.99. The molecule has 0 atom stereocenters. The van der Waals surface area contributed by atoms with Gasteiger partial charge in [0.25, 0.3) is 0 Å². The predicted octanol–water partition coefficient (Wildman–Crippen LogP) is -4.62. The van der Waals surface area contributed by atoms with Gasteiger partial charge in [0.15, 0.2) is 0 Å². The zero-order valence-corrected chi connectivity index (χ0v) is 6.77. The fourth-order valence-electron chi connectivity index (χ4n) is 0. The molecule has 0 radical (unpaired) electrons. The van der Waals surface area contributed by atoms with E-state index in [-0.39, 0.29) is 20.3 Å². The second-order valence-electron chi connectivity index (χ2n) is 0.782. The Hall–Kier alpha value is 1.02. The SMILES string of the molecule is O=P(O)(O)O.OP(O)O.[H-].[Li+]. The summed E-state index contributed by atoms with van der Waals surface area (Å²) in [6.07, 6.45) is 0. The minimum absolute atomic E-state index is 0. The topological polar surface area (TPSA) is 138 Å². The molecule has 0 aliphatic rings. The van der Waals surface area contributed by atoms with Crippen molar-refractivity contribution in [3.63, 3.8) is 0 Å². The third kappa shape index (κ3) is 560. The monoisotopic (exact) mass is 188 g/mol. The molecule has 10 heteroatoms. The molecule has 0 aliphatic carbocycles. The van der Waals surface area contributed by atoms with Crippen molar-refractivity contribution in [2.75, 3.05) is 0 Å². The summed E-state index contributed by atoms with van der Waals surface area (Å²) in [6, 6.07) is 0. The molecular formula is H7LiO7P2. The van der Waals surface area contributed by atoms with Crippen molar-refractivity contribution in [3.05, 3.63) is 0 Å². The molecule has 0 bridgehead atoms. The Morgan fingerprint density at radius 3 is 1.10 bits per heavy atom. The molecule has 0 amide bonds. The van der Waals surface area contributed by atoms with Crippen LogP contribution in [0.25, 0.3) is 0 Å². The Bertz CT molecular complexity index is 87.6. The molecular weight excluding hydrogens is 181 g/mol. The van der Waals surface area contributed by atoms with Gasteiger partial charge in [-0.25, -0.2) is 4.57 Å². The fourth-order valence-corrected chi connectivity index (χ4v) is 0. The molecule has 0 aromatic carbocycles. The third-order valence-corrected chi connectivity index (χ3v) is 0. The summed E-state index contributed by atoms with van der Waals surface area (Å²) in [5, 5.41) is 0. The second-order valence-corrected chi connectivity index (χ2v) is 2.34. The van der Waals surface area contributed by atoms with Gasteiger partial charge >= 0.3 is 35.3 Å². The maximum absolute atomic E-state index is 8.88. The van der Waals surface area contributed by atoms with Crippen LogP contribution in [0.15, 0.2) is 0 Å². The molecule has 0 heterocycles. The summed E-state index contributed by atoms with van der Waals surface area (Å²) in [5.74, 6) is 0. The summed E-state index contributed by atoms with van der Waals surface area (Å²) in [7, 11) is -7.26. The molecule has 6 N–H and O–H groups in total. The summed E-state index contributed by atoms with van der Waals surface area (Å²) < 4.78 is 8.88. The summed E-state index contributed by atoms with van der Waals surface area (Å²) in [5.41, 5.74) is 0. The van der Waals surface area contributed by atoms with Crippen molar-refractivity contribution in [1.29, 1.82) is 0 Å². The molecule has 0 rings (SSSR count). The van der Waals surface area contributed by atoms with E-state index in [2.05, 4.69) is 0 Å². The van der Waals surface area contributed by atoms with Gasteiger partial charge in [-0.3, -0.25) is 0 Å². The van der Waals surface area contributed by atoms with Gasteiger partial charge < -0.3 is 30.8 Å². The van der Waals surface area contributed by atoms with E-state index < -0.39 is 16.4 Å². The minimum Gasteiger partial charge on any atom is -1.00 e. The van der Waals surface area contributed by atoms with E-state index in [1.807, 2.05) is 0 Å². The molecule has 0 aliphatic heterocycles. The van der Waals surface area contributed by atoms with Crippen LogP contribution >= 0.6 is 16.4 Å². The normalized spacial score (nSPS) is 9.50. The van der Waals surface area contributed by atoms with Gasteiger partial charge in [-0.15, -0.1) is 0 Å². The van der Waals surface area contributed by atoms with E-state index in [0.29, 0.717) is 0 Å². The van der Waals surface area contributed by atoms with Gasteiger partial charge in [0, 0.05) is 0 Å². The van der Waals surface area contributed by atoms with E-state index in [1.54, 1.807) is 0 Å². The standard InChI is InChI=1S/Li.H3O4P.H3O3P.H/c;1-5(2,3)4;1-4(2)3;/h;(H3,1,2,3,4);1-3H;/q+1;;;-1. The van der Waals surface area contributed by atoms with Crippen LogP contribution < -0.4 is 18.9 Å². The second kappa shape index (κ2) is 8.12. The molecule has 0 aromatic rings. The minimum atomic E-state index is -4.64. The van der Waals surface area contributed by atoms with Gasteiger partial charge in [0.05, 0.1) is 0 Å². The van der Waals surface area contributed by atoms with Crippen molar-refractivity contribution in [2.24, 2.45) is 0 Å². The molecule has 0 aromatic heterocycles. The van der Waals surface area contributed by atoms with Crippen LogP contribution in [0.5, 0.6) is 0 Å². The Morgan fingerprint density at radius 2 is 1.10 bits per heavy atom. The van der Waals surface area contributed by atoms with Crippen molar-refractivity contribution >= 4 is 16.4 Å². The summed E-state index contributed by atoms with van der Waals surface area (Å²) in [4.78, 5) is 43.3.